The number of imidazole rings is 1. The van der Waals surface area contributed by atoms with Gasteiger partial charge in [-0.3, -0.25) is 14.9 Å². The van der Waals surface area contributed by atoms with Crippen molar-refractivity contribution in [3.8, 4) is 11.3 Å². The summed E-state index contributed by atoms with van der Waals surface area (Å²) in [5.74, 6) is -0.0458. The molecule has 2 aromatic carbocycles. The molecule has 4 aromatic rings. The molecule has 140 valence electrons. The maximum Gasteiger partial charge on any atom is 0.267 e. The number of para-hydroxylation sites is 2. The number of nitrogens with zero attached hydrogens (tertiary/aromatic N) is 3. The van der Waals surface area contributed by atoms with Crippen molar-refractivity contribution in [2.24, 2.45) is 0 Å². The maximum atomic E-state index is 12.7. The van der Waals surface area contributed by atoms with Crippen molar-refractivity contribution < 1.29 is 4.79 Å². The molecule has 1 amide bonds. The van der Waals surface area contributed by atoms with Gasteiger partial charge in [0.25, 0.3) is 11.5 Å². The van der Waals surface area contributed by atoms with Crippen LogP contribution in [0.5, 0.6) is 0 Å². The van der Waals surface area contributed by atoms with Gasteiger partial charge in [-0.15, -0.1) is 0 Å². The van der Waals surface area contributed by atoms with Gasteiger partial charge in [-0.2, -0.15) is 5.10 Å². The second kappa shape index (κ2) is 7.11. The minimum absolute atomic E-state index is 0.334. The second-order valence-corrected chi connectivity index (χ2v) is 6.64. The first-order valence-corrected chi connectivity index (χ1v) is 8.94. The van der Waals surface area contributed by atoms with Gasteiger partial charge >= 0.3 is 0 Å². The van der Waals surface area contributed by atoms with Crippen molar-refractivity contribution in [2.75, 3.05) is 5.32 Å². The van der Waals surface area contributed by atoms with Crippen LogP contribution in [-0.2, 0) is 4.79 Å². The average Bonchev–Trinajstić information content (AvgIpc) is 3.10. The Hall–Kier alpha value is -3.74. The number of aromatic amines is 1. The summed E-state index contributed by atoms with van der Waals surface area (Å²) >= 11 is 0. The Morgan fingerprint density at radius 2 is 1.82 bits per heavy atom. The fourth-order valence-corrected chi connectivity index (χ4v) is 2.93. The Balaban J connectivity index is 1.60. The topological polar surface area (TPSA) is 92.7 Å². The molecular weight excluding hydrogens is 354 g/mol. The molecule has 2 heterocycles. The SMILES string of the molecule is Cc1ccc(-c2ccc(=O)n(C(C)C(=O)Nc3nc4ccccc4[nH]3)n2)cc1. The van der Waals surface area contributed by atoms with E-state index in [1.165, 1.54) is 10.7 Å². The third kappa shape index (κ3) is 3.42. The van der Waals surface area contributed by atoms with Crippen LogP contribution < -0.4 is 10.9 Å². The predicted molar refractivity (Wildman–Crippen MR) is 108 cm³/mol. The van der Waals surface area contributed by atoms with Gasteiger partial charge in [0.1, 0.15) is 6.04 Å². The summed E-state index contributed by atoms with van der Waals surface area (Å²) in [6.07, 6.45) is 0. The molecule has 4 rings (SSSR count). The molecule has 0 radical (unpaired) electrons. The van der Waals surface area contributed by atoms with Crippen LogP contribution >= 0.6 is 0 Å². The summed E-state index contributed by atoms with van der Waals surface area (Å²) in [6, 6.07) is 17.6. The van der Waals surface area contributed by atoms with E-state index in [1.807, 2.05) is 55.5 Å². The highest BCUT2D eigenvalue weighted by Gasteiger charge is 2.19. The van der Waals surface area contributed by atoms with Crippen molar-refractivity contribution in [1.82, 2.24) is 19.7 Å². The number of fused-ring (bicyclic) bond motifs is 1. The van der Waals surface area contributed by atoms with Crippen LogP contribution in [0.15, 0.2) is 65.5 Å². The summed E-state index contributed by atoms with van der Waals surface area (Å²) in [6.45, 7) is 3.63. The van der Waals surface area contributed by atoms with Gasteiger partial charge in [-0.1, -0.05) is 42.0 Å². The molecule has 7 heteroatoms. The number of hydrogen-bond acceptors (Lipinski definition) is 4. The van der Waals surface area contributed by atoms with Crippen LogP contribution in [0.25, 0.3) is 22.3 Å². The number of H-pyrrole nitrogens is 1. The highest BCUT2D eigenvalue weighted by Crippen LogP contribution is 2.18. The van der Waals surface area contributed by atoms with Gasteiger partial charge < -0.3 is 4.98 Å². The number of rotatable bonds is 4. The quantitative estimate of drug-likeness (QED) is 0.574. The van der Waals surface area contributed by atoms with E-state index in [1.54, 1.807) is 13.0 Å². The van der Waals surface area contributed by atoms with E-state index in [4.69, 9.17) is 0 Å². The van der Waals surface area contributed by atoms with Crippen LogP contribution in [0.4, 0.5) is 5.95 Å². The summed E-state index contributed by atoms with van der Waals surface area (Å²) in [7, 11) is 0. The standard InChI is InChI=1S/C21H19N5O2/c1-13-7-9-15(10-8-13)16-11-12-19(27)26(25-16)14(2)20(28)24-21-22-17-5-3-4-6-18(17)23-21/h3-12,14H,1-2H3,(H2,22,23,24,28). The lowest BCUT2D eigenvalue weighted by Gasteiger charge is -2.14. The van der Waals surface area contributed by atoms with E-state index < -0.39 is 6.04 Å². The van der Waals surface area contributed by atoms with Gasteiger partial charge in [-0.25, -0.2) is 9.67 Å². The number of aryl methyl sites for hydroxylation is 1. The number of nitrogens with one attached hydrogen (secondary N) is 2. The first kappa shape index (κ1) is 17.7. The normalized spacial score (nSPS) is 12.1. The van der Waals surface area contributed by atoms with Crippen molar-refractivity contribution >= 4 is 22.9 Å². The minimum atomic E-state index is -0.800. The lowest BCUT2D eigenvalue weighted by molar-refractivity contribution is -0.119. The maximum absolute atomic E-state index is 12.7. The molecule has 0 spiro atoms. The van der Waals surface area contributed by atoms with Crippen molar-refractivity contribution in [2.45, 2.75) is 19.9 Å². The van der Waals surface area contributed by atoms with Crippen LogP contribution in [-0.4, -0.2) is 25.7 Å². The molecular formula is C21H19N5O2. The summed E-state index contributed by atoms with van der Waals surface area (Å²) in [5, 5.41) is 7.11. The van der Waals surface area contributed by atoms with Crippen LogP contribution in [0.1, 0.15) is 18.5 Å². The van der Waals surface area contributed by atoms with E-state index in [-0.39, 0.29) is 11.5 Å². The second-order valence-electron chi connectivity index (χ2n) is 6.64. The van der Waals surface area contributed by atoms with Crippen LogP contribution in [0.2, 0.25) is 0 Å². The van der Waals surface area contributed by atoms with Crippen LogP contribution in [0, 0.1) is 6.92 Å². The first-order valence-electron chi connectivity index (χ1n) is 8.94. The Morgan fingerprint density at radius 3 is 2.57 bits per heavy atom. The largest absolute Gasteiger partial charge is 0.324 e. The molecule has 0 fully saturated rings. The molecule has 28 heavy (non-hydrogen) atoms. The fraction of sp³-hybridized carbons (Fsp3) is 0.143. The van der Waals surface area contributed by atoms with E-state index in [0.717, 1.165) is 22.2 Å². The summed E-state index contributed by atoms with van der Waals surface area (Å²) in [4.78, 5) is 32.3. The Bertz CT molecular complexity index is 1170. The van der Waals surface area contributed by atoms with Crippen LogP contribution in [0.3, 0.4) is 0 Å². The molecule has 0 aliphatic carbocycles. The van der Waals surface area contributed by atoms with E-state index >= 15 is 0 Å². The Morgan fingerprint density at radius 1 is 1.07 bits per heavy atom. The summed E-state index contributed by atoms with van der Waals surface area (Å²) in [5.41, 5.74) is 3.87. The third-order valence-electron chi connectivity index (χ3n) is 4.55. The van der Waals surface area contributed by atoms with E-state index in [2.05, 4.69) is 20.4 Å². The van der Waals surface area contributed by atoms with Gasteiger partial charge in [0, 0.05) is 11.6 Å². The predicted octanol–water partition coefficient (Wildman–Crippen LogP) is 3.29. The number of carbonyl (C=O) groups is 1. The number of carbonyl (C=O) groups excluding carboxylic acids is 1. The molecule has 0 aliphatic rings. The zero-order valence-corrected chi connectivity index (χ0v) is 15.5. The van der Waals surface area contributed by atoms with Gasteiger partial charge in [0.2, 0.25) is 5.95 Å². The molecule has 7 nitrogen and oxygen atoms in total. The summed E-state index contributed by atoms with van der Waals surface area (Å²) < 4.78 is 1.19. The number of amides is 1. The van der Waals surface area contributed by atoms with Gasteiger partial charge in [-0.05, 0) is 32.0 Å². The molecule has 1 atom stereocenters. The number of hydrogen-bond donors (Lipinski definition) is 2. The van der Waals surface area contributed by atoms with E-state index in [0.29, 0.717) is 11.6 Å². The van der Waals surface area contributed by atoms with Crippen molar-refractivity contribution in [3.63, 3.8) is 0 Å². The minimum Gasteiger partial charge on any atom is -0.324 e. The van der Waals surface area contributed by atoms with E-state index in [9.17, 15) is 9.59 Å². The average molecular weight is 373 g/mol. The Kier molecular flexibility index (Phi) is 4.49. The zero-order valence-electron chi connectivity index (χ0n) is 15.5. The highest BCUT2D eigenvalue weighted by atomic mass is 16.2. The lowest BCUT2D eigenvalue weighted by Crippen LogP contribution is -2.33. The third-order valence-corrected chi connectivity index (χ3v) is 4.55. The molecule has 0 aliphatic heterocycles. The molecule has 1 unspecified atom stereocenters. The number of anilines is 1. The van der Waals surface area contributed by atoms with Gasteiger partial charge in [0.15, 0.2) is 0 Å². The first-order chi connectivity index (χ1) is 13.5. The zero-order chi connectivity index (χ0) is 19.7. The fourth-order valence-electron chi connectivity index (χ4n) is 2.93. The molecule has 2 aromatic heterocycles. The van der Waals surface area contributed by atoms with Gasteiger partial charge in [0.05, 0.1) is 16.7 Å². The Labute approximate surface area is 161 Å². The smallest absolute Gasteiger partial charge is 0.267 e. The molecule has 0 saturated heterocycles. The lowest BCUT2D eigenvalue weighted by atomic mass is 10.1. The highest BCUT2D eigenvalue weighted by molar-refractivity contribution is 5.93. The number of aromatic nitrogens is 4. The molecule has 0 saturated carbocycles. The monoisotopic (exact) mass is 373 g/mol. The molecule has 2 N–H and O–H groups in total. The van der Waals surface area contributed by atoms with Crippen molar-refractivity contribution in [1.29, 1.82) is 0 Å². The van der Waals surface area contributed by atoms with Crippen molar-refractivity contribution in [3.05, 3.63) is 76.6 Å². The molecule has 0 bridgehead atoms. The number of benzene rings is 2.